The SMILES string of the molecule is O=C1C[Se]c2ccccc21. The van der Waals surface area contributed by atoms with Crippen LogP contribution in [0, 0.1) is 0 Å². The molecule has 2 heteroatoms. The van der Waals surface area contributed by atoms with Crippen LogP contribution < -0.4 is 4.46 Å². The maximum atomic E-state index is 11.1. The van der Waals surface area contributed by atoms with Crippen molar-refractivity contribution in [2.45, 2.75) is 5.32 Å². The summed E-state index contributed by atoms with van der Waals surface area (Å²) in [6.45, 7) is 0. The molecule has 0 spiro atoms. The molecule has 10 heavy (non-hydrogen) atoms. The van der Waals surface area contributed by atoms with Crippen LogP contribution >= 0.6 is 0 Å². The Morgan fingerprint density at radius 3 is 2.90 bits per heavy atom. The van der Waals surface area contributed by atoms with Crippen molar-refractivity contribution in [3.8, 4) is 0 Å². The molecule has 1 heterocycles. The van der Waals surface area contributed by atoms with E-state index in [2.05, 4.69) is 6.07 Å². The Morgan fingerprint density at radius 2 is 2.10 bits per heavy atom. The minimum absolute atomic E-state index is 0.329. The quantitative estimate of drug-likeness (QED) is 0.557. The van der Waals surface area contributed by atoms with Crippen LogP contribution in [0.3, 0.4) is 0 Å². The van der Waals surface area contributed by atoms with Crippen molar-refractivity contribution in [2.75, 3.05) is 0 Å². The normalized spacial score (nSPS) is 15.4. The first-order valence-corrected chi connectivity index (χ1v) is 5.20. The van der Waals surface area contributed by atoms with Crippen LogP contribution in [0.4, 0.5) is 0 Å². The third-order valence-corrected chi connectivity index (χ3v) is 3.80. The molecule has 1 aromatic rings. The van der Waals surface area contributed by atoms with Gasteiger partial charge in [0.1, 0.15) is 0 Å². The number of rotatable bonds is 0. The first-order valence-electron chi connectivity index (χ1n) is 3.13. The summed E-state index contributed by atoms with van der Waals surface area (Å²) in [5, 5.41) is 0.770. The summed E-state index contributed by atoms with van der Waals surface area (Å²) in [5.41, 5.74) is 0.961. The monoisotopic (exact) mass is 198 g/mol. The molecule has 0 atom stereocenters. The summed E-state index contributed by atoms with van der Waals surface area (Å²) in [4.78, 5) is 11.1. The third-order valence-electron chi connectivity index (χ3n) is 1.55. The van der Waals surface area contributed by atoms with Crippen molar-refractivity contribution in [3.63, 3.8) is 0 Å². The predicted molar refractivity (Wildman–Crippen MR) is 41.0 cm³/mol. The number of fused-ring (bicyclic) bond motifs is 1. The van der Waals surface area contributed by atoms with Gasteiger partial charge in [-0.05, 0) is 0 Å². The zero-order valence-corrected chi connectivity index (χ0v) is 7.05. The Kier molecular flexibility index (Phi) is 1.37. The van der Waals surface area contributed by atoms with Crippen LogP contribution in [0.15, 0.2) is 24.3 Å². The van der Waals surface area contributed by atoms with Gasteiger partial charge in [0.25, 0.3) is 0 Å². The van der Waals surface area contributed by atoms with Crippen LogP contribution in [0.1, 0.15) is 10.4 Å². The van der Waals surface area contributed by atoms with E-state index in [4.69, 9.17) is 0 Å². The van der Waals surface area contributed by atoms with E-state index in [1.807, 2.05) is 18.2 Å². The van der Waals surface area contributed by atoms with Gasteiger partial charge in [-0.2, -0.15) is 0 Å². The molecule has 0 amide bonds. The van der Waals surface area contributed by atoms with Gasteiger partial charge in [0.05, 0.1) is 0 Å². The van der Waals surface area contributed by atoms with Gasteiger partial charge >= 0.3 is 65.1 Å². The van der Waals surface area contributed by atoms with Gasteiger partial charge in [0.2, 0.25) is 0 Å². The van der Waals surface area contributed by atoms with Gasteiger partial charge in [0, 0.05) is 0 Å². The molecule has 0 aliphatic carbocycles. The zero-order chi connectivity index (χ0) is 6.97. The summed E-state index contributed by atoms with van der Waals surface area (Å²) in [5.74, 6) is 0.329. The molecule has 0 radical (unpaired) electrons. The molecular weight excluding hydrogens is 191 g/mol. The van der Waals surface area contributed by atoms with Crippen molar-refractivity contribution in [1.82, 2.24) is 0 Å². The van der Waals surface area contributed by atoms with Gasteiger partial charge in [-0.25, -0.2) is 0 Å². The number of Topliss-reactive ketones (excluding diaryl/α,β-unsaturated/α-hetero) is 1. The Labute approximate surface area is 65.6 Å². The van der Waals surface area contributed by atoms with E-state index in [1.54, 1.807) is 0 Å². The average Bonchev–Trinajstić information content (AvgIpc) is 2.34. The maximum absolute atomic E-state index is 11.1. The van der Waals surface area contributed by atoms with E-state index in [-0.39, 0.29) is 0 Å². The molecule has 0 unspecified atom stereocenters. The van der Waals surface area contributed by atoms with Crippen molar-refractivity contribution in [2.24, 2.45) is 0 Å². The first-order chi connectivity index (χ1) is 4.88. The first kappa shape index (κ1) is 6.14. The standard InChI is InChI=1S/C8H6OSe/c9-7-5-10-8-4-2-1-3-6(7)8/h1-4H,5H2. The second-order valence-electron chi connectivity index (χ2n) is 2.21. The van der Waals surface area contributed by atoms with Crippen LogP contribution in [-0.2, 0) is 0 Å². The molecule has 1 aromatic carbocycles. The molecule has 1 aliphatic rings. The number of carbonyl (C=O) groups excluding carboxylic acids is 1. The van der Waals surface area contributed by atoms with E-state index >= 15 is 0 Å². The number of benzene rings is 1. The van der Waals surface area contributed by atoms with Gasteiger partial charge in [-0.15, -0.1) is 0 Å². The summed E-state index contributed by atoms with van der Waals surface area (Å²) < 4.78 is 1.28. The van der Waals surface area contributed by atoms with Crippen molar-refractivity contribution in [1.29, 1.82) is 0 Å². The Balaban J connectivity index is 2.61. The molecule has 1 aliphatic heterocycles. The van der Waals surface area contributed by atoms with Gasteiger partial charge < -0.3 is 0 Å². The number of hydrogen-bond donors (Lipinski definition) is 0. The zero-order valence-electron chi connectivity index (χ0n) is 5.33. The van der Waals surface area contributed by atoms with E-state index in [1.165, 1.54) is 4.46 Å². The second kappa shape index (κ2) is 2.22. The van der Waals surface area contributed by atoms with Crippen molar-refractivity contribution >= 4 is 25.2 Å². The molecule has 0 aromatic heterocycles. The Morgan fingerprint density at radius 1 is 1.30 bits per heavy atom. The van der Waals surface area contributed by atoms with E-state index in [9.17, 15) is 4.79 Å². The summed E-state index contributed by atoms with van der Waals surface area (Å²) in [6.07, 6.45) is 0. The van der Waals surface area contributed by atoms with E-state index in [0.29, 0.717) is 20.7 Å². The molecule has 0 N–H and O–H groups in total. The van der Waals surface area contributed by atoms with Gasteiger partial charge in [-0.1, -0.05) is 0 Å². The summed E-state index contributed by atoms with van der Waals surface area (Å²) in [7, 11) is 0. The van der Waals surface area contributed by atoms with E-state index < -0.39 is 0 Å². The number of hydrogen-bond acceptors (Lipinski definition) is 1. The molecule has 0 saturated heterocycles. The molecule has 0 bridgehead atoms. The fourth-order valence-corrected chi connectivity index (χ4v) is 3.05. The number of ketones is 1. The molecule has 0 fully saturated rings. The van der Waals surface area contributed by atoms with Gasteiger partial charge in [-0.3, -0.25) is 0 Å². The van der Waals surface area contributed by atoms with Crippen LogP contribution in [0.2, 0.25) is 5.32 Å². The number of carbonyl (C=O) groups is 1. The van der Waals surface area contributed by atoms with Crippen molar-refractivity contribution < 1.29 is 4.79 Å². The third kappa shape index (κ3) is 0.808. The Hall–Kier alpha value is -0.591. The topological polar surface area (TPSA) is 17.1 Å². The summed E-state index contributed by atoms with van der Waals surface area (Å²) >= 11 is 0.424. The average molecular weight is 197 g/mol. The second-order valence-corrected chi connectivity index (χ2v) is 4.34. The predicted octanol–water partition coefficient (Wildman–Crippen LogP) is 0.631. The Bertz CT molecular complexity index is 280. The van der Waals surface area contributed by atoms with E-state index in [0.717, 1.165) is 10.9 Å². The van der Waals surface area contributed by atoms with Crippen LogP contribution in [0.25, 0.3) is 0 Å². The van der Waals surface area contributed by atoms with Crippen LogP contribution in [0.5, 0.6) is 0 Å². The van der Waals surface area contributed by atoms with Gasteiger partial charge in [0.15, 0.2) is 0 Å². The van der Waals surface area contributed by atoms with Crippen molar-refractivity contribution in [3.05, 3.63) is 29.8 Å². The molecule has 50 valence electrons. The minimum atomic E-state index is 0.329. The molecule has 0 saturated carbocycles. The molecule has 2 rings (SSSR count). The summed E-state index contributed by atoms with van der Waals surface area (Å²) in [6, 6.07) is 7.91. The fraction of sp³-hybridized carbons (Fsp3) is 0.125. The molecule has 1 nitrogen and oxygen atoms in total. The fourth-order valence-electron chi connectivity index (χ4n) is 1.04. The van der Waals surface area contributed by atoms with Crippen LogP contribution in [-0.4, -0.2) is 20.7 Å². The molecular formula is C8H6OSe.